The molecule has 0 aliphatic rings. The number of hydrogen-bond acceptors (Lipinski definition) is 4. The lowest BCUT2D eigenvalue weighted by Crippen LogP contribution is -2.31. The van der Waals surface area contributed by atoms with Crippen LogP contribution in [0.1, 0.15) is 16.7 Å². The van der Waals surface area contributed by atoms with Crippen molar-refractivity contribution in [2.24, 2.45) is 0 Å². The number of aryl methyl sites for hydroxylation is 2. The number of benzene rings is 3. The Hall–Kier alpha value is -2.99. The third-order valence-corrected chi connectivity index (χ3v) is 6.66. The Morgan fingerprint density at radius 2 is 1.41 bits per heavy atom. The smallest absolute Gasteiger partial charge is 0.264 e. The van der Waals surface area contributed by atoms with Crippen molar-refractivity contribution in [1.29, 1.82) is 0 Å². The zero-order chi connectivity index (χ0) is 21.0. The number of hydrogen-bond donors (Lipinski definition) is 0. The van der Waals surface area contributed by atoms with Crippen molar-refractivity contribution in [2.45, 2.75) is 25.3 Å². The van der Waals surface area contributed by atoms with Gasteiger partial charge in [-0.1, -0.05) is 35.9 Å². The van der Waals surface area contributed by atoms with Crippen molar-refractivity contribution in [3.63, 3.8) is 0 Å². The fraction of sp³-hybridized carbons (Fsp3) is 0.217. The van der Waals surface area contributed by atoms with Crippen LogP contribution in [0.25, 0.3) is 0 Å². The standard InChI is InChI=1S/C23H25NO4S/c1-17-9-11-20(12-10-17)24(29(25,26)23-8-6-5-7-18(23)2)16-19-13-21(27-3)15-22(14-19)28-4/h5-15H,16H2,1-4H3. The van der Waals surface area contributed by atoms with Gasteiger partial charge in [-0.05, 0) is 55.3 Å². The second-order valence-electron chi connectivity index (χ2n) is 6.83. The molecule has 6 heteroatoms. The number of anilines is 1. The van der Waals surface area contributed by atoms with E-state index in [9.17, 15) is 8.42 Å². The van der Waals surface area contributed by atoms with Gasteiger partial charge in [-0.3, -0.25) is 4.31 Å². The summed E-state index contributed by atoms with van der Waals surface area (Å²) in [5.41, 5.74) is 3.12. The highest BCUT2D eigenvalue weighted by Crippen LogP contribution is 2.30. The molecule has 0 saturated heterocycles. The molecule has 0 radical (unpaired) electrons. The Labute approximate surface area is 172 Å². The molecule has 5 nitrogen and oxygen atoms in total. The average molecular weight is 412 g/mol. The number of methoxy groups -OCH3 is 2. The van der Waals surface area contributed by atoms with Crippen LogP contribution in [0.15, 0.2) is 71.6 Å². The highest BCUT2D eigenvalue weighted by atomic mass is 32.2. The van der Waals surface area contributed by atoms with Crippen LogP contribution in [0, 0.1) is 13.8 Å². The largest absolute Gasteiger partial charge is 0.497 e. The molecule has 0 saturated carbocycles. The molecule has 0 aromatic heterocycles. The van der Waals surface area contributed by atoms with Gasteiger partial charge in [0, 0.05) is 6.07 Å². The molecular weight excluding hydrogens is 386 g/mol. The maximum atomic E-state index is 13.6. The lowest BCUT2D eigenvalue weighted by Gasteiger charge is -2.26. The molecule has 0 fully saturated rings. The third kappa shape index (κ3) is 4.54. The molecule has 0 unspecified atom stereocenters. The first-order chi connectivity index (χ1) is 13.8. The van der Waals surface area contributed by atoms with E-state index in [0.29, 0.717) is 22.7 Å². The lowest BCUT2D eigenvalue weighted by molar-refractivity contribution is 0.393. The van der Waals surface area contributed by atoms with E-state index in [2.05, 4.69) is 0 Å². The highest BCUT2D eigenvalue weighted by Gasteiger charge is 2.27. The Kier molecular flexibility index (Phi) is 6.13. The normalized spacial score (nSPS) is 11.2. The van der Waals surface area contributed by atoms with Crippen LogP contribution >= 0.6 is 0 Å². The van der Waals surface area contributed by atoms with Crippen molar-refractivity contribution in [2.75, 3.05) is 18.5 Å². The number of sulfonamides is 1. The minimum atomic E-state index is -3.78. The predicted molar refractivity (Wildman–Crippen MR) is 115 cm³/mol. The van der Waals surface area contributed by atoms with Gasteiger partial charge in [0.25, 0.3) is 10.0 Å². The summed E-state index contributed by atoms with van der Waals surface area (Å²) >= 11 is 0. The molecular formula is C23H25NO4S. The average Bonchev–Trinajstić information content (AvgIpc) is 2.72. The van der Waals surface area contributed by atoms with Crippen molar-refractivity contribution >= 4 is 15.7 Å². The van der Waals surface area contributed by atoms with Crippen LogP contribution in [0.5, 0.6) is 11.5 Å². The maximum Gasteiger partial charge on any atom is 0.264 e. The molecule has 3 rings (SSSR count). The summed E-state index contributed by atoms with van der Waals surface area (Å²) in [6.45, 7) is 3.92. The molecule has 0 spiro atoms. The first kappa shape index (κ1) is 20.7. The monoisotopic (exact) mass is 411 g/mol. The van der Waals surface area contributed by atoms with Crippen LogP contribution in [-0.2, 0) is 16.6 Å². The lowest BCUT2D eigenvalue weighted by atomic mass is 10.2. The van der Waals surface area contributed by atoms with Crippen LogP contribution in [0.2, 0.25) is 0 Å². The van der Waals surface area contributed by atoms with Crippen molar-refractivity contribution in [3.8, 4) is 11.5 Å². The summed E-state index contributed by atoms with van der Waals surface area (Å²) in [6.07, 6.45) is 0. The van der Waals surface area contributed by atoms with E-state index < -0.39 is 10.0 Å². The van der Waals surface area contributed by atoms with E-state index in [1.54, 1.807) is 45.4 Å². The first-order valence-corrected chi connectivity index (χ1v) is 10.7. The molecule has 0 bridgehead atoms. The maximum absolute atomic E-state index is 13.6. The quantitative estimate of drug-likeness (QED) is 0.565. The topological polar surface area (TPSA) is 55.8 Å². The summed E-state index contributed by atoms with van der Waals surface area (Å²) in [6, 6.07) is 19.9. The molecule has 0 amide bonds. The zero-order valence-corrected chi connectivity index (χ0v) is 17.9. The minimum Gasteiger partial charge on any atom is -0.497 e. The van der Waals surface area contributed by atoms with E-state index in [-0.39, 0.29) is 11.4 Å². The van der Waals surface area contributed by atoms with Gasteiger partial charge in [-0.15, -0.1) is 0 Å². The van der Waals surface area contributed by atoms with Crippen LogP contribution < -0.4 is 13.8 Å². The van der Waals surface area contributed by atoms with Gasteiger partial charge in [0.15, 0.2) is 0 Å². The van der Waals surface area contributed by atoms with E-state index in [1.165, 1.54) is 4.31 Å². The summed E-state index contributed by atoms with van der Waals surface area (Å²) in [7, 11) is -0.644. The molecule has 0 aliphatic carbocycles. The van der Waals surface area contributed by atoms with E-state index in [4.69, 9.17) is 9.47 Å². The predicted octanol–water partition coefficient (Wildman–Crippen LogP) is 4.72. The summed E-state index contributed by atoms with van der Waals surface area (Å²) < 4.78 is 39.3. The van der Waals surface area contributed by atoms with Crippen LogP contribution in [0.4, 0.5) is 5.69 Å². The zero-order valence-electron chi connectivity index (χ0n) is 17.0. The summed E-state index contributed by atoms with van der Waals surface area (Å²) in [4.78, 5) is 0.287. The molecule has 0 atom stereocenters. The number of rotatable bonds is 7. The van der Waals surface area contributed by atoms with Crippen molar-refractivity contribution in [3.05, 3.63) is 83.4 Å². The Morgan fingerprint density at radius 1 is 0.828 bits per heavy atom. The molecule has 3 aromatic rings. The molecule has 152 valence electrons. The second-order valence-corrected chi connectivity index (χ2v) is 8.66. The molecule has 3 aromatic carbocycles. The highest BCUT2D eigenvalue weighted by molar-refractivity contribution is 7.92. The molecule has 0 heterocycles. The van der Waals surface area contributed by atoms with Crippen molar-refractivity contribution < 1.29 is 17.9 Å². The summed E-state index contributed by atoms with van der Waals surface area (Å²) in [5.74, 6) is 1.22. The van der Waals surface area contributed by atoms with Gasteiger partial charge in [0.2, 0.25) is 0 Å². The molecule has 0 N–H and O–H groups in total. The van der Waals surface area contributed by atoms with Gasteiger partial charge < -0.3 is 9.47 Å². The van der Waals surface area contributed by atoms with Gasteiger partial charge in [0.1, 0.15) is 11.5 Å². The Morgan fingerprint density at radius 3 is 1.97 bits per heavy atom. The fourth-order valence-electron chi connectivity index (χ4n) is 3.11. The summed E-state index contributed by atoms with van der Waals surface area (Å²) in [5, 5.41) is 0. The minimum absolute atomic E-state index is 0.146. The molecule has 0 aliphatic heterocycles. The van der Waals surface area contributed by atoms with Crippen LogP contribution in [-0.4, -0.2) is 22.6 Å². The van der Waals surface area contributed by atoms with Gasteiger partial charge in [0.05, 0.1) is 31.3 Å². The van der Waals surface area contributed by atoms with E-state index in [0.717, 1.165) is 11.1 Å². The van der Waals surface area contributed by atoms with Crippen LogP contribution in [0.3, 0.4) is 0 Å². The fourth-order valence-corrected chi connectivity index (χ4v) is 4.80. The SMILES string of the molecule is COc1cc(CN(c2ccc(C)cc2)S(=O)(=O)c2ccccc2C)cc(OC)c1. The first-order valence-electron chi connectivity index (χ1n) is 9.22. The second kappa shape index (κ2) is 8.57. The molecule has 29 heavy (non-hydrogen) atoms. The van der Waals surface area contributed by atoms with E-state index >= 15 is 0 Å². The van der Waals surface area contributed by atoms with Crippen molar-refractivity contribution in [1.82, 2.24) is 0 Å². The van der Waals surface area contributed by atoms with E-state index in [1.807, 2.05) is 49.4 Å². The third-order valence-electron chi connectivity index (χ3n) is 4.72. The van der Waals surface area contributed by atoms with Gasteiger partial charge in [-0.2, -0.15) is 0 Å². The number of nitrogens with zero attached hydrogens (tertiary/aromatic N) is 1. The van der Waals surface area contributed by atoms with Gasteiger partial charge in [-0.25, -0.2) is 8.42 Å². The van der Waals surface area contributed by atoms with Gasteiger partial charge >= 0.3 is 0 Å². The number of ether oxygens (including phenoxy) is 2. The Balaban J connectivity index is 2.12. The Bertz CT molecular complexity index is 1070.